The minimum absolute atomic E-state index is 0.197. The fourth-order valence-electron chi connectivity index (χ4n) is 1.94. The van der Waals surface area contributed by atoms with Crippen LogP contribution in [0.4, 0.5) is 4.39 Å². The minimum Gasteiger partial charge on any atom is -0.489 e. The van der Waals surface area contributed by atoms with Crippen molar-refractivity contribution in [3.05, 3.63) is 29.6 Å². The molecule has 1 aliphatic heterocycles. The smallest absolute Gasteiger partial charge is 0.165 e. The van der Waals surface area contributed by atoms with Crippen molar-refractivity contribution in [2.45, 2.75) is 0 Å². The molecule has 0 aliphatic carbocycles. The molecule has 0 unspecified atom stereocenters. The van der Waals surface area contributed by atoms with Gasteiger partial charge < -0.3 is 14.6 Å². The van der Waals surface area contributed by atoms with E-state index in [0.29, 0.717) is 12.2 Å². The summed E-state index contributed by atoms with van der Waals surface area (Å²) in [5.74, 6) is 5.05. The molecule has 1 heterocycles. The van der Waals surface area contributed by atoms with E-state index in [-0.39, 0.29) is 12.4 Å². The molecular weight excluding hydrogens is 261 g/mol. The maximum atomic E-state index is 13.6. The zero-order valence-electron chi connectivity index (χ0n) is 11.3. The van der Waals surface area contributed by atoms with E-state index in [9.17, 15) is 4.39 Å². The normalized spacial score (nSPS) is 15.5. The van der Waals surface area contributed by atoms with E-state index in [1.165, 1.54) is 6.07 Å². The molecule has 1 N–H and O–H groups in total. The number of morpholine rings is 1. The van der Waals surface area contributed by atoms with Crippen molar-refractivity contribution in [2.24, 2.45) is 0 Å². The molecule has 20 heavy (non-hydrogen) atoms. The van der Waals surface area contributed by atoms with Gasteiger partial charge >= 0.3 is 0 Å². The first-order valence-electron chi connectivity index (χ1n) is 6.62. The summed E-state index contributed by atoms with van der Waals surface area (Å²) in [6, 6.07) is 4.44. The lowest BCUT2D eigenvalue weighted by molar-refractivity contribution is 0.0320. The van der Waals surface area contributed by atoms with Gasteiger partial charge in [0.05, 0.1) is 13.2 Å². The summed E-state index contributed by atoms with van der Waals surface area (Å²) in [4.78, 5) is 2.22. The molecule has 4 nitrogen and oxygen atoms in total. The lowest BCUT2D eigenvalue weighted by Crippen LogP contribution is -2.38. The van der Waals surface area contributed by atoms with E-state index in [2.05, 4.69) is 16.7 Å². The molecule has 1 aliphatic rings. The van der Waals surface area contributed by atoms with Crippen LogP contribution in [0.1, 0.15) is 5.56 Å². The zero-order valence-corrected chi connectivity index (χ0v) is 11.3. The van der Waals surface area contributed by atoms with E-state index >= 15 is 0 Å². The van der Waals surface area contributed by atoms with Crippen molar-refractivity contribution >= 4 is 0 Å². The predicted molar refractivity (Wildman–Crippen MR) is 73.1 cm³/mol. The van der Waals surface area contributed by atoms with Crippen LogP contribution in [0.15, 0.2) is 18.2 Å². The van der Waals surface area contributed by atoms with Gasteiger partial charge in [-0.15, -0.1) is 0 Å². The van der Waals surface area contributed by atoms with Gasteiger partial charge in [0.15, 0.2) is 11.6 Å². The molecule has 1 saturated heterocycles. The van der Waals surface area contributed by atoms with Crippen LogP contribution in [0.5, 0.6) is 5.75 Å². The molecule has 0 radical (unpaired) electrons. The first-order chi connectivity index (χ1) is 9.79. The second-order valence-corrected chi connectivity index (χ2v) is 4.41. The summed E-state index contributed by atoms with van der Waals surface area (Å²) in [5, 5.41) is 8.64. The van der Waals surface area contributed by atoms with E-state index < -0.39 is 5.82 Å². The van der Waals surface area contributed by atoms with Gasteiger partial charge in [-0.25, -0.2) is 4.39 Å². The largest absolute Gasteiger partial charge is 0.489 e. The van der Waals surface area contributed by atoms with Gasteiger partial charge in [0.1, 0.15) is 13.2 Å². The second-order valence-electron chi connectivity index (χ2n) is 4.41. The van der Waals surface area contributed by atoms with Crippen LogP contribution in [0.3, 0.4) is 0 Å². The molecule has 1 aromatic carbocycles. The highest BCUT2D eigenvalue weighted by Crippen LogP contribution is 2.18. The topological polar surface area (TPSA) is 41.9 Å². The van der Waals surface area contributed by atoms with Crippen molar-refractivity contribution in [1.82, 2.24) is 4.90 Å². The minimum atomic E-state index is -0.401. The third-order valence-corrected chi connectivity index (χ3v) is 3.01. The summed E-state index contributed by atoms with van der Waals surface area (Å²) in [5.41, 5.74) is 0.627. The van der Waals surface area contributed by atoms with E-state index in [1.807, 2.05) is 0 Å². The average molecular weight is 279 g/mol. The summed E-state index contributed by atoms with van der Waals surface area (Å²) in [6.45, 7) is 4.19. The summed E-state index contributed by atoms with van der Waals surface area (Å²) in [7, 11) is 0. The van der Waals surface area contributed by atoms with E-state index in [4.69, 9.17) is 14.6 Å². The number of ether oxygens (including phenoxy) is 2. The van der Waals surface area contributed by atoms with E-state index in [1.54, 1.807) is 12.1 Å². The molecular formula is C15H18FNO3. The van der Waals surface area contributed by atoms with Crippen LogP contribution < -0.4 is 4.74 Å². The molecule has 2 rings (SSSR count). The lowest BCUT2D eigenvalue weighted by Gasteiger charge is -2.26. The van der Waals surface area contributed by atoms with Crippen LogP contribution in [0.2, 0.25) is 0 Å². The van der Waals surface area contributed by atoms with Gasteiger partial charge in [-0.05, 0) is 18.2 Å². The summed E-state index contributed by atoms with van der Waals surface area (Å²) < 4.78 is 24.3. The van der Waals surface area contributed by atoms with Crippen LogP contribution in [0.25, 0.3) is 0 Å². The van der Waals surface area contributed by atoms with Gasteiger partial charge in [-0.2, -0.15) is 0 Å². The van der Waals surface area contributed by atoms with Gasteiger partial charge in [-0.1, -0.05) is 11.8 Å². The maximum absolute atomic E-state index is 13.6. The van der Waals surface area contributed by atoms with Crippen molar-refractivity contribution < 1.29 is 19.0 Å². The number of aliphatic hydroxyl groups is 1. The summed E-state index contributed by atoms with van der Waals surface area (Å²) >= 11 is 0. The maximum Gasteiger partial charge on any atom is 0.165 e. The van der Waals surface area contributed by atoms with Gasteiger partial charge in [-0.3, -0.25) is 4.90 Å². The third-order valence-electron chi connectivity index (χ3n) is 3.01. The first kappa shape index (κ1) is 14.8. The molecule has 1 aromatic rings. The zero-order chi connectivity index (χ0) is 14.2. The molecule has 0 saturated carbocycles. The predicted octanol–water partition coefficient (Wildman–Crippen LogP) is 0.881. The highest BCUT2D eigenvalue weighted by molar-refractivity contribution is 5.40. The van der Waals surface area contributed by atoms with Gasteiger partial charge in [0.2, 0.25) is 0 Å². The Hall–Kier alpha value is -1.61. The first-order valence-corrected chi connectivity index (χ1v) is 6.62. The van der Waals surface area contributed by atoms with Gasteiger partial charge in [0, 0.05) is 25.2 Å². The Bertz CT molecular complexity index is 490. The number of benzene rings is 1. The van der Waals surface area contributed by atoms with Crippen LogP contribution in [-0.2, 0) is 4.74 Å². The highest BCUT2D eigenvalue weighted by Gasteiger charge is 2.10. The SMILES string of the molecule is OCC#Cc1ccc(F)c(OCCN2CCOCC2)c1. The number of nitrogens with zero attached hydrogens (tertiary/aromatic N) is 1. The Morgan fingerprint density at radius 3 is 2.90 bits per heavy atom. The number of halogens is 1. The molecule has 0 atom stereocenters. The molecule has 108 valence electrons. The molecule has 5 heteroatoms. The third kappa shape index (κ3) is 4.49. The Labute approximate surface area is 118 Å². The van der Waals surface area contributed by atoms with Crippen LogP contribution >= 0.6 is 0 Å². The Kier molecular flexibility index (Phi) is 5.81. The molecule has 0 spiro atoms. The molecule has 0 aromatic heterocycles. The Morgan fingerprint density at radius 2 is 2.15 bits per heavy atom. The Morgan fingerprint density at radius 1 is 1.35 bits per heavy atom. The van der Waals surface area contributed by atoms with Crippen molar-refractivity contribution in [3.8, 4) is 17.6 Å². The quantitative estimate of drug-likeness (QED) is 0.831. The summed E-state index contributed by atoms with van der Waals surface area (Å²) in [6.07, 6.45) is 0. The standard InChI is InChI=1S/C15H18FNO3/c16-14-4-3-13(2-1-8-18)12-15(14)20-11-7-17-5-9-19-10-6-17/h3-4,12,18H,5-11H2. The number of rotatable bonds is 4. The van der Waals surface area contributed by atoms with Crippen molar-refractivity contribution in [3.63, 3.8) is 0 Å². The van der Waals surface area contributed by atoms with E-state index in [0.717, 1.165) is 32.8 Å². The van der Waals surface area contributed by atoms with Crippen LogP contribution in [-0.4, -0.2) is 56.1 Å². The second kappa shape index (κ2) is 7.85. The average Bonchev–Trinajstić information content (AvgIpc) is 2.49. The van der Waals surface area contributed by atoms with Crippen LogP contribution in [0, 0.1) is 17.7 Å². The Balaban J connectivity index is 1.87. The number of aliphatic hydroxyl groups excluding tert-OH is 1. The molecule has 0 bridgehead atoms. The van der Waals surface area contributed by atoms with Crippen molar-refractivity contribution in [1.29, 1.82) is 0 Å². The molecule has 0 amide bonds. The lowest BCUT2D eigenvalue weighted by atomic mass is 10.2. The molecule has 1 fully saturated rings. The van der Waals surface area contributed by atoms with Gasteiger partial charge in [0.25, 0.3) is 0 Å². The monoisotopic (exact) mass is 279 g/mol. The van der Waals surface area contributed by atoms with Crippen molar-refractivity contribution in [2.75, 3.05) is 46.1 Å². The highest BCUT2D eigenvalue weighted by atomic mass is 19.1. The fourth-order valence-corrected chi connectivity index (χ4v) is 1.94. The number of hydrogen-bond donors (Lipinski definition) is 1. The fraction of sp³-hybridized carbons (Fsp3) is 0.467. The number of hydrogen-bond acceptors (Lipinski definition) is 4.